The largest absolute Gasteiger partial charge is 0.463 e. The van der Waals surface area contributed by atoms with E-state index in [0.29, 0.717) is 6.42 Å². The summed E-state index contributed by atoms with van der Waals surface area (Å²) in [4.78, 5) is 21.2. The molecule has 1 saturated heterocycles. The quantitative estimate of drug-likeness (QED) is 0.648. The fourth-order valence-electron chi connectivity index (χ4n) is 1.35. The van der Waals surface area contributed by atoms with E-state index >= 15 is 0 Å². The Bertz CT molecular complexity index is 251. The monoisotopic (exact) mass is 218 g/mol. The van der Waals surface area contributed by atoms with Gasteiger partial charge in [0.2, 0.25) is 0 Å². The van der Waals surface area contributed by atoms with E-state index in [2.05, 4.69) is 0 Å². The van der Waals surface area contributed by atoms with E-state index in [0.717, 1.165) is 0 Å². The number of ether oxygens (including phenoxy) is 3. The van der Waals surface area contributed by atoms with Gasteiger partial charge in [0.05, 0.1) is 6.10 Å². The molecule has 1 aliphatic rings. The van der Waals surface area contributed by atoms with E-state index in [1.165, 1.54) is 13.8 Å². The summed E-state index contributed by atoms with van der Waals surface area (Å²) in [7, 11) is 0. The SMILES string of the molecule is CC(=O)OC[C@@H]1C[C@@H](OC(C)=O)C(O)O1. The van der Waals surface area contributed by atoms with Gasteiger partial charge in [0, 0.05) is 20.3 Å². The van der Waals surface area contributed by atoms with Gasteiger partial charge in [-0.05, 0) is 0 Å². The molecular formula is C9H14O6. The van der Waals surface area contributed by atoms with Crippen molar-refractivity contribution in [3.8, 4) is 0 Å². The molecule has 86 valence electrons. The molecule has 1 unspecified atom stereocenters. The predicted octanol–water partition coefficient (Wildman–Crippen LogP) is -0.412. The van der Waals surface area contributed by atoms with Crippen molar-refractivity contribution < 1.29 is 28.9 Å². The van der Waals surface area contributed by atoms with Gasteiger partial charge in [-0.15, -0.1) is 0 Å². The minimum Gasteiger partial charge on any atom is -0.463 e. The Labute approximate surface area is 87.1 Å². The molecule has 0 spiro atoms. The first-order chi connectivity index (χ1) is 6.99. The van der Waals surface area contributed by atoms with E-state index in [4.69, 9.17) is 14.2 Å². The smallest absolute Gasteiger partial charge is 0.303 e. The maximum atomic E-state index is 10.6. The Morgan fingerprint density at radius 2 is 2.07 bits per heavy atom. The summed E-state index contributed by atoms with van der Waals surface area (Å²) < 4.78 is 14.5. The van der Waals surface area contributed by atoms with E-state index in [9.17, 15) is 14.7 Å². The van der Waals surface area contributed by atoms with Gasteiger partial charge in [0.15, 0.2) is 12.4 Å². The van der Waals surface area contributed by atoms with Crippen LogP contribution in [-0.2, 0) is 23.8 Å². The summed E-state index contributed by atoms with van der Waals surface area (Å²) in [6.45, 7) is 2.60. The molecule has 1 N–H and O–H groups in total. The third-order valence-corrected chi connectivity index (χ3v) is 1.93. The second-order valence-electron chi connectivity index (χ2n) is 3.33. The molecule has 0 aromatic heterocycles. The first-order valence-corrected chi connectivity index (χ1v) is 4.63. The van der Waals surface area contributed by atoms with Gasteiger partial charge in [0.25, 0.3) is 0 Å². The fraction of sp³-hybridized carbons (Fsp3) is 0.778. The molecule has 0 radical (unpaired) electrons. The Morgan fingerprint density at radius 3 is 2.60 bits per heavy atom. The lowest BCUT2D eigenvalue weighted by atomic mass is 10.2. The molecule has 3 atom stereocenters. The Balaban J connectivity index is 2.34. The zero-order valence-corrected chi connectivity index (χ0v) is 8.63. The van der Waals surface area contributed by atoms with Crippen LogP contribution in [0.4, 0.5) is 0 Å². The highest BCUT2D eigenvalue weighted by Gasteiger charge is 2.36. The van der Waals surface area contributed by atoms with Crippen LogP contribution in [0.25, 0.3) is 0 Å². The van der Waals surface area contributed by atoms with Crippen LogP contribution < -0.4 is 0 Å². The maximum Gasteiger partial charge on any atom is 0.303 e. The van der Waals surface area contributed by atoms with Crippen LogP contribution in [0.3, 0.4) is 0 Å². The van der Waals surface area contributed by atoms with Crippen molar-refractivity contribution >= 4 is 11.9 Å². The van der Waals surface area contributed by atoms with Crippen molar-refractivity contribution in [2.75, 3.05) is 6.61 Å². The molecule has 6 nitrogen and oxygen atoms in total. The van der Waals surface area contributed by atoms with Gasteiger partial charge in [0.1, 0.15) is 6.61 Å². The van der Waals surface area contributed by atoms with Crippen molar-refractivity contribution in [2.24, 2.45) is 0 Å². The van der Waals surface area contributed by atoms with E-state index < -0.39 is 30.4 Å². The number of rotatable bonds is 3. The molecule has 1 heterocycles. The molecule has 1 aliphatic heterocycles. The van der Waals surface area contributed by atoms with Crippen LogP contribution in [0.1, 0.15) is 20.3 Å². The zero-order chi connectivity index (χ0) is 11.4. The van der Waals surface area contributed by atoms with Crippen LogP contribution in [-0.4, -0.2) is 42.1 Å². The van der Waals surface area contributed by atoms with Gasteiger partial charge >= 0.3 is 11.9 Å². The average molecular weight is 218 g/mol. The maximum absolute atomic E-state index is 10.6. The summed E-state index contributed by atoms with van der Waals surface area (Å²) >= 11 is 0. The lowest BCUT2D eigenvalue weighted by Crippen LogP contribution is -2.25. The number of hydrogen-bond donors (Lipinski definition) is 1. The third-order valence-electron chi connectivity index (χ3n) is 1.93. The van der Waals surface area contributed by atoms with Crippen molar-refractivity contribution in [1.82, 2.24) is 0 Å². The number of aliphatic hydroxyl groups excluding tert-OH is 1. The summed E-state index contributed by atoms with van der Waals surface area (Å²) in [5, 5.41) is 9.33. The standard InChI is InChI=1S/C9H14O6/c1-5(10)13-4-7-3-8(9(12)15-7)14-6(2)11/h7-9,12H,3-4H2,1-2H3/t7-,8+,9?/m0/s1. The number of aliphatic hydroxyl groups is 1. The topological polar surface area (TPSA) is 82.1 Å². The Hall–Kier alpha value is -1.14. The third kappa shape index (κ3) is 3.85. The van der Waals surface area contributed by atoms with E-state index in [1.54, 1.807) is 0 Å². The molecule has 0 bridgehead atoms. The summed E-state index contributed by atoms with van der Waals surface area (Å²) in [6, 6.07) is 0. The molecule has 0 aromatic rings. The predicted molar refractivity (Wildman–Crippen MR) is 47.7 cm³/mol. The lowest BCUT2D eigenvalue weighted by molar-refractivity contribution is -0.170. The lowest BCUT2D eigenvalue weighted by Gasteiger charge is -2.11. The molecular weight excluding hydrogens is 204 g/mol. The fourth-order valence-corrected chi connectivity index (χ4v) is 1.35. The summed E-state index contributed by atoms with van der Waals surface area (Å²) in [5.74, 6) is -0.889. The molecule has 6 heteroatoms. The number of carbonyl (C=O) groups excluding carboxylic acids is 2. The van der Waals surface area contributed by atoms with Crippen molar-refractivity contribution in [1.29, 1.82) is 0 Å². The minimum absolute atomic E-state index is 0.0597. The van der Waals surface area contributed by atoms with Gasteiger partial charge in [-0.1, -0.05) is 0 Å². The van der Waals surface area contributed by atoms with Crippen molar-refractivity contribution in [3.05, 3.63) is 0 Å². The zero-order valence-electron chi connectivity index (χ0n) is 8.63. The Kier molecular flexibility index (Phi) is 4.05. The first kappa shape index (κ1) is 11.9. The van der Waals surface area contributed by atoms with Crippen molar-refractivity contribution in [2.45, 2.75) is 38.8 Å². The highest BCUT2D eigenvalue weighted by atomic mass is 16.7. The normalized spacial score (nSPS) is 29.9. The van der Waals surface area contributed by atoms with Crippen LogP contribution >= 0.6 is 0 Å². The second kappa shape index (κ2) is 5.09. The van der Waals surface area contributed by atoms with Crippen LogP contribution in [0, 0.1) is 0 Å². The first-order valence-electron chi connectivity index (χ1n) is 4.63. The molecule has 0 amide bonds. The number of esters is 2. The average Bonchev–Trinajstić information content (AvgIpc) is 2.43. The molecule has 0 aromatic carbocycles. The van der Waals surface area contributed by atoms with Crippen LogP contribution in [0.2, 0.25) is 0 Å². The molecule has 1 rings (SSSR count). The van der Waals surface area contributed by atoms with Gasteiger partial charge < -0.3 is 19.3 Å². The van der Waals surface area contributed by atoms with E-state index in [-0.39, 0.29) is 6.61 Å². The second-order valence-corrected chi connectivity index (χ2v) is 3.33. The van der Waals surface area contributed by atoms with Gasteiger partial charge in [-0.25, -0.2) is 0 Å². The highest BCUT2D eigenvalue weighted by Crippen LogP contribution is 2.21. The van der Waals surface area contributed by atoms with Crippen LogP contribution in [0.15, 0.2) is 0 Å². The van der Waals surface area contributed by atoms with Gasteiger partial charge in [-0.3, -0.25) is 9.59 Å². The molecule has 1 fully saturated rings. The summed E-state index contributed by atoms with van der Waals surface area (Å²) in [6.07, 6.45) is -1.92. The molecule has 15 heavy (non-hydrogen) atoms. The molecule has 0 saturated carbocycles. The highest BCUT2D eigenvalue weighted by molar-refractivity contribution is 5.66. The van der Waals surface area contributed by atoms with Crippen molar-refractivity contribution in [3.63, 3.8) is 0 Å². The molecule has 0 aliphatic carbocycles. The number of carbonyl (C=O) groups is 2. The van der Waals surface area contributed by atoms with Crippen LogP contribution in [0.5, 0.6) is 0 Å². The van der Waals surface area contributed by atoms with Gasteiger partial charge in [-0.2, -0.15) is 0 Å². The Morgan fingerprint density at radius 1 is 1.40 bits per heavy atom. The summed E-state index contributed by atoms with van der Waals surface area (Å²) in [5.41, 5.74) is 0. The minimum atomic E-state index is -1.14. The number of hydrogen-bond acceptors (Lipinski definition) is 6. The van der Waals surface area contributed by atoms with E-state index in [1.807, 2.05) is 0 Å².